The third-order valence-electron chi connectivity index (χ3n) is 7.75. The lowest BCUT2D eigenvalue weighted by Crippen LogP contribution is -2.55. The molecule has 2 bridgehead atoms. The Bertz CT molecular complexity index is 1100. The van der Waals surface area contributed by atoms with E-state index in [1.807, 2.05) is 6.07 Å². The minimum Gasteiger partial charge on any atom is -0.444 e. The Balaban J connectivity index is 1.42. The molecular formula is C29H39FN4O3. The molecule has 2 aliphatic heterocycles. The van der Waals surface area contributed by atoms with Crippen LogP contribution in [0.25, 0.3) is 5.57 Å². The molecule has 0 unspecified atom stereocenters. The topological polar surface area (TPSA) is 85.7 Å². The van der Waals surface area contributed by atoms with E-state index in [-0.39, 0.29) is 30.1 Å². The van der Waals surface area contributed by atoms with E-state index in [2.05, 4.69) is 36.2 Å². The largest absolute Gasteiger partial charge is 0.444 e. The molecule has 1 aromatic rings. The van der Waals surface area contributed by atoms with Crippen LogP contribution in [0.3, 0.4) is 0 Å². The number of amides is 2. The van der Waals surface area contributed by atoms with E-state index in [4.69, 9.17) is 4.74 Å². The van der Waals surface area contributed by atoms with Gasteiger partial charge in [-0.05, 0) is 89.0 Å². The predicted molar refractivity (Wildman–Crippen MR) is 140 cm³/mol. The number of piperidine rings is 1. The predicted octanol–water partition coefficient (Wildman–Crippen LogP) is 4.66. The van der Waals surface area contributed by atoms with Crippen LogP contribution in [0.5, 0.6) is 0 Å². The summed E-state index contributed by atoms with van der Waals surface area (Å²) in [5, 5.41) is 12.5. The Morgan fingerprint density at radius 3 is 2.62 bits per heavy atom. The van der Waals surface area contributed by atoms with E-state index < -0.39 is 23.8 Å². The average Bonchev–Trinajstić information content (AvgIpc) is 3.45. The van der Waals surface area contributed by atoms with Crippen molar-refractivity contribution in [2.24, 2.45) is 5.92 Å². The Morgan fingerprint density at radius 2 is 2.03 bits per heavy atom. The zero-order valence-corrected chi connectivity index (χ0v) is 22.6. The molecule has 3 aliphatic rings. The summed E-state index contributed by atoms with van der Waals surface area (Å²) in [5.41, 5.74) is 1.70. The molecule has 200 valence electrons. The summed E-state index contributed by atoms with van der Waals surface area (Å²) in [6, 6.07) is 6.12. The summed E-state index contributed by atoms with van der Waals surface area (Å²) >= 11 is 0. The van der Waals surface area contributed by atoms with Crippen LogP contribution in [0.1, 0.15) is 71.4 Å². The van der Waals surface area contributed by atoms with Crippen LogP contribution >= 0.6 is 0 Å². The summed E-state index contributed by atoms with van der Waals surface area (Å²) in [7, 11) is 0. The van der Waals surface area contributed by atoms with Crippen molar-refractivity contribution in [2.45, 2.75) is 96.5 Å². The molecule has 1 saturated heterocycles. The van der Waals surface area contributed by atoms with Crippen molar-refractivity contribution in [1.82, 2.24) is 15.1 Å². The number of fused-ring (bicyclic) bond motifs is 2. The first-order valence-corrected chi connectivity index (χ1v) is 13.4. The highest BCUT2D eigenvalue weighted by Crippen LogP contribution is 2.43. The number of benzene rings is 1. The van der Waals surface area contributed by atoms with Crippen LogP contribution < -0.4 is 5.32 Å². The minimum atomic E-state index is -0.902. The molecule has 1 aromatic carbocycles. The van der Waals surface area contributed by atoms with Gasteiger partial charge in [0.05, 0.1) is 6.07 Å². The molecule has 8 heteroatoms. The lowest BCUT2D eigenvalue weighted by molar-refractivity contribution is -0.128. The van der Waals surface area contributed by atoms with Crippen molar-refractivity contribution in [2.75, 3.05) is 13.1 Å². The summed E-state index contributed by atoms with van der Waals surface area (Å²) in [5.74, 6) is -0.707. The number of hydrogen-bond donors (Lipinski definition) is 1. The van der Waals surface area contributed by atoms with Crippen molar-refractivity contribution in [3.05, 3.63) is 41.2 Å². The number of likely N-dealkylation sites (tertiary alicyclic amines) is 1. The van der Waals surface area contributed by atoms with E-state index >= 15 is 4.39 Å². The van der Waals surface area contributed by atoms with E-state index in [1.165, 1.54) is 6.07 Å². The zero-order valence-electron chi connectivity index (χ0n) is 22.6. The second kappa shape index (κ2) is 10.8. The van der Waals surface area contributed by atoms with Crippen molar-refractivity contribution in [3.8, 4) is 6.07 Å². The summed E-state index contributed by atoms with van der Waals surface area (Å²) in [6.45, 7) is 11.5. The number of nitriles is 1. The molecule has 2 amide bonds. The zero-order chi connectivity index (χ0) is 26.9. The lowest BCUT2D eigenvalue weighted by Gasteiger charge is -2.35. The Hall–Kier alpha value is -2.92. The number of nitrogens with one attached hydrogen (secondary N) is 1. The second-order valence-corrected chi connectivity index (χ2v) is 11.8. The summed E-state index contributed by atoms with van der Waals surface area (Å²) in [6.07, 6.45) is 5.05. The van der Waals surface area contributed by atoms with Gasteiger partial charge in [0.2, 0.25) is 5.91 Å². The lowest BCUT2D eigenvalue weighted by atomic mass is 9.95. The number of rotatable bonds is 6. The Kier molecular flexibility index (Phi) is 7.94. The van der Waals surface area contributed by atoms with Crippen molar-refractivity contribution < 1.29 is 18.7 Å². The molecule has 1 aliphatic carbocycles. The maximum Gasteiger partial charge on any atom is 0.411 e. The molecule has 4 rings (SSSR count). The van der Waals surface area contributed by atoms with Gasteiger partial charge in [-0.3, -0.25) is 14.6 Å². The Labute approximate surface area is 219 Å². The van der Waals surface area contributed by atoms with Crippen LogP contribution in [0.2, 0.25) is 0 Å². The van der Waals surface area contributed by atoms with Gasteiger partial charge in [0, 0.05) is 31.6 Å². The van der Waals surface area contributed by atoms with Crippen LogP contribution in [-0.2, 0) is 16.0 Å². The molecule has 7 nitrogen and oxygen atoms in total. The molecule has 4 atom stereocenters. The number of hydrogen-bond acceptors (Lipinski definition) is 5. The second-order valence-electron chi connectivity index (χ2n) is 11.8. The monoisotopic (exact) mass is 510 g/mol. The summed E-state index contributed by atoms with van der Waals surface area (Å²) in [4.78, 5) is 30.1. The molecular weight excluding hydrogens is 471 g/mol. The van der Waals surface area contributed by atoms with Gasteiger partial charge in [0.25, 0.3) is 0 Å². The molecule has 2 heterocycles. The average molecular weight is 511 g/mol. The number of carbonyl (C=O) groups is 2. The first-order valence-electron chi connectivity index (χ1n) is 13.4. The first-order chi connectivity index (χ1) is 17.5. The van der Waals surface area contributed by atoms with Gasteiger partial charge in [-0.15, -0.1) is 0 Å². The van der Waals surface area contributed by atoms with E-state index in [1.54, 1.807) is 31.7 Å². The molecule has 1 N–H and O–H groups in total. The van der Waals surface area contributed by atoms with Crippen LogP contribution in [0.4, 0.5) is 9.18 Å². The molecule has 0 radical (unpaired) electrons. The minimum absolute atomic E-state index is 0.0252. The molecule has 2 fully saturated rings. The molecule has 0 aromatic heterocycles. The van der Waals surface area contributed by atoms with E-state index in [0.29, 0.717) is 11.6 Å². The fraction of sp³-hybridized carbons (Fsp3) is 0.621. The van der Waals surface area contributed by atoms with Crippen molar-refractivity contribution in [1.29, 1.82) is 5.26 Å². The standard InChI is InChI=1S/C29H39FN4O3/c1-18(2)33-12-10-19(11-13-33)20-6-7-21(25(30)16-20)14-23(17-31)32-27(35)26-22-8-9-24(15-22)34(26)28(36)37-29(3,4)5/h6-7,10,16,18,22-24,26H,8-9,11-15H2,1-5H3,(H,32,35)/t22-,23-,24+,26-/m0/s1. The van der Waals surface area contributed by atoms with Gasteiger partial charge in [0.1, 0.15) is 23.5 Å². The van der Waals surface area contributed by atoms with Crippen LogP contribution in [0.15, 0.2) is 24.3 Å². The quantitative estimate of drug-likeness (QED) is 0.602. The van der Waals surface area contributed by atoms with E-state index in [9.17, 15) is 14.9 Å². The maximum atomic E-state index is 15.1. The Morgan fingerprint density at radius 1 is 1.27 bits per heavy atom. The third-order valence-corrected chi connectivity index (χ3v) is 7.75. The molecule has 37 heavy (non-hydrogen) atoms. The number of halogens is 1. The SMILES string of the molecule is CC(C)N1CC=C(c2ccc(C[C@@H](C#N)NC(=O)[C@@H]3[C@H]4CC[C@H](C4)N3C(=O)OC(C)(C)C)c(F)c2)CC1. The highest BCUT2D eigenvalue weighted by atomic mass is 19.1. The van der Waals surface area contributed by atoms with Gasteiger partial charge >= 0.3 is 6.09 Å². The van der Waals surface area contributed by atoms with Gasteiger partial charge in [-0.1, -0.05) is 18.2 Å². The highest BCUT2D eigenvalue weighted by Gasteiger charge is 2.52. The normalized spacial score (nSPS) is 24.5. The number of ether oxygens (including phenoxy) is 1. The van der Waals surface area contributed by atoms with Crippen molar-refractivity contribution in [3.63, 3.8) is 0 Å². The number of nitrogens with zero attached hydrogens (tertiary/aromatic N) is 3. The molecule has 1 saturated carbocycles. The van der Waals surface area contributed by atoms with E-state index in [0.717, 1.165) is 49.9 Å². The third kappa shape index (κ3) is 6.15. The highest BCUT2D eigenvalue weighted by molar-refractivity contribution is 5.87. The fourth-order valence-corrected chi connectivity index (χ4v) is 5.84. The van der Waals surface area contributed by atoms with Crippen molar-refractivity contribution >= 4 is 17.6 Å². The van der Waals surface area contributed by atoms with Gasteiger partial charge in [0.15, 0.2) is 0 Å². The smallest absolute Gasteiger partial charge is 0.411 e. The molecule has 0 spiro atoms. The first kappa shape index (κ1) is 27.1. The fourth-order valence-electron chi connectivity index (χ4n) is 5.84. The van der Waals surface area contributed by atoms with Crippen LogP contribution in [0, 0.1) is 23.1 Å². The maximum absolute atomic E-state index is 15.1. The van der Waals surface area contributed by atoms with Crippen LogP contribution in [-0.4, -0.2) is 64.7 Å². The summed E-state index contributed by atoms with van der Waals surface area (Å²) < 4.78 is 20.6. The van der Waals surface area contributed by atoms with Gasteiger partial charge in [-0.2, -0.15) is 5.26 Å². The van der Waals surface area contributed by atoms with Gasteiger partial charge in [-0.25, -0.2) is 9.18 Å². The number of carbonyl (C=O) groups excluding carboxylic acids is 2. The van der Waals surface area contributed by atoms with Gasteiger partial charge < -0.3 is 10.1 Å².